The minimum absolute atomic E-state index is 0.0327. The molecular weight excluding hydrogens is 226 g/mol. The standard InChI is InChI=1S/C11H13NO3S/c1-12(7-6-11(14)15)10(13)5-4-9-3-2-8-16-9/h2-5,8H,6-7H2,1H3,(H,14,15). The number of carboxylic acid groups (broad SMARTS) is 1. The fraction of sp³-hybridized carbons (Fsp3) is 0.273. The molecule has 4 nitrogen and oxygen atoms in total. The Morgan fingerprint density at radius 1 is 1.56 bits per heavy atom. The van der Waals surface area contributed by atoms with E-state index >= 15 is 0 Å². The number of carbonyl (C=O) groups excluding carboxylic acids is 1. The van der Waals surface area contributed by atoms with Crippen molar-refractivity contribution in [1.29, 1.82) is 0 Å². The molecule has 1 rings (SSSR count). The van der Waals surface area contributed by atoms with Crippen molar-refractivity contribution in [2.45, 2.75) is 6.42 Å². The van der Waals surface area contributed by atoms with Crippen molar-refractivity contribution < 1.29 is 14.7 Å². The van der Waals surface area contributed by atoms with Gasteiger partial charge in [-0.05, 0) is 17.5 Å². The maximum atomic E-state index is 11.5. The highest BCUT2D eigenvalue weighted by molar-refractivity contribution is 7.10. The first-order chi connectivity index (χ1) is 7.59. The number of aliphatic carboxylic acids is 1. The normalized spacial score (nSPS) is 10.6. The molecule has 0 aromatic carbocycles. The van der Waals surface area contributed by atoms with Crippen LogP contribution in [0.2, 0.25) is 0 Å². The molecule has 0 aliphatic carbocycles. The summed E-state index contributed by atoms with van der Waals surface area (Å²) in [6, 6.07) is 3.81. The fourth-order valence-electron chi connectivity index (χ4n) is 1.04. The third-order valence-electron chi connectivity index (χ3n) is 1.97. The molecule has 0 spiro atoms. The van der Waals surface area contributed by atoms with E-state index in [1.165, 1.54) is 11.0 Å². The molecule has 0 bridgehead atoms. The Bertz CT molecular complexity index is 384. The second-order valence-electron chi connectivity index (χ2n) is 3.25. The van der Waals surface area contributed by atoms with Gasteiger partial charge in [-0.15, -0.1) is 11.3 Å². The van der Waals surface area contributed by atoms with Gasteiger partial charge in [0, 0.05) is 24.5 Å². The van der Waals surface area contributed by atoms with Crippen LogP contribution in [-0.4, -0.2) is 35.5 Å². The van der Waals surface area contributed by atoms with Gasteiger partial charge in [0.25, 0.3) is 0 Å². The van der Waals surface area contributed by atoms with E-state index in [2.05, 4.69) is 0 Å². The van der Waals surface area contributed by atoms with Crippen LogP contribution in [0.15, 0.2) is 23.6 Å². The van der Waals surface area contributed by atoms with Crippen molar-refractivity contribution in [2.75, 3.05) is 13.6 Å². The van der Waals surface area contributed by atoms with E-state index in [0.717, 1.165) is 4.88 Å². The van der Waals surface area contributed by atoms with Crippen LogP contribution in [0.3, 0.4) is 0 Å². The quantitative estimate of drug-likeness (QED) is 0.795. The average Bonchev–Trinajstić information content (AvgIpc) is 2.75. The summed E-state index contributed by atoms with van der Waals surface area (Å²) in [5.41, 5.74) is 0. The molecular formula is C11H13NO3S. The number of likely N-dealkylation sites (N-methyl/N-ethyl adjacent to an activating group) is 1. The first-order valence-corrected chi connectivity index (χ1v) is 5.66. The van der Waals surface area contributed by atoms with E-state index in [1.807, 2.05) is 17.5 Å². The smallest absolute Gasteiger partial charge is 0.305 e. The monoisotopic (exact) mass is 239 g/mol. The van der Waals surface area contributed by atoms with Gasteiger partial charge in [-0.2, -0.15) is 0 Å². The molecule has 16 heavy (non-hydrogen) atoms. The molecule has 0 atom stereocenters. The van der Waals surface area contributed by atoms with Crippen molar-refractivity contribution in [3.8, 4) is 0 Å². The molecule has 0 unspecified atom stereocenters. The lowest BCUT2D eigenvalue weighted by atomic mass is 10.3. The third-order valence-corrected chi connectivity index (χ3v) is 2.81. The van der Waals surface area contributed by atoms with Crippen LogP contribution in [0.4, 0.5) is 0 Å². The van der Waals surface area contributed by atoms with Crippen LogP contribution in [0.5, 0.6) is 0 Å². The van der Waals surface area contributed by atoms with E-state index in [-0.39, 0.29) is 18.9 Å². The highest BCUT2D eigenvalue weighted by atomic mass is 32.1. The lowest BCUT2D eigenvalue weighted by Crippen LogP contribution is -2.27. The summed E-state index contributed by atoms with van der Waals surface area (Å²) >= 11 is 1.54. The first-order valence-electron chi connectivity index (χ1n) is 4.78. The number of rotatable bonds is 5. The van der Waals surface area contributed by atoms with E-state index in [1.54, 1.807) is 24.5 Å². The Hall–Kier alpha value is -1.62. The summed E-state index contributed by atoms with van der Waals surface area (Å²) in [7, 11) is 1.59. The van der Waals surface area contributed by atoms with Crippen molar-refractivity contribution in [3.05, 3.63) is 28.5 Å². The highest BCUT2D eigenvalue weighted by Gasteiger charge is 2.06. The summed E-state index contributed by atoms with van der Waals surface area (Å²) in [6.07, 6.45) is 3.15. The molecule has 0 radical (unpaired) electrons. The molecule has 1 aromatic rings. The lowest BCUT2D eigenvalue weighted by Gasteiger charge is -2.12. The van der Waals surface area contributed by atoms with Crippen molar-refractivity contribution >= 4 is 29.3 Å². The van der Waals surface area contributed by atoms with Gasteiger partial charge >= 0.3 is 5.97 Å². The van der Waals surface area contributed by atoms with Gasteiger partial charge in [-0.25, -0.2) is 0 Å². The average molecular weight is 239 g/mol. The van der Waals surface area contributed by atoms with Gasteiger partial charge in [0.2, 0.25) is 5.91 Å². The van der Waals surface area contributed by atoms with Gasteiger partial charge in [0.1, 0.15) is 0 Å². The molecule has 1 amide bonds. The number of thiophene rings is 1. The zero-order chi connectivity index (χ0) is 12.0. The fourth-order valence-corrected chi connectivity index (χ4v) is 1.66. The Kier molecular flexibility index (Phi) is 4.72. The summed E-state index contributed by atoms with van der Waals surface area (Å²) in [5, 5.41) is 10.4. The maximum absolute atomic E-state index is 11.5. The maximum Gasteiger partial charge on any atom is 0.305 e. The van der Waals surface area contributed by atoms with Crippen molar-refractivity contribution in [3.63, 3.8) is 0 Å². The van der Waals surface area contributed by atoms with Crippen LogP contribution in [0.25, 0.3) is 6.08 Å². The summed E-state index contributed by atoms with van der Waals surface area (Å²) < 4.78 is 0. The van der Waals surface area contributed by atoms with Crippen molar-refractivity contribution in [1.82, 2.24) is 4.90 Å². The van der Waals surface area contributed by atoms with E-state index < -0.39 is 5.97 Å². The molecule has 0 fully saturated rings. The molecule has 86 valence electrons. The SMILES string of the molecule is CN(CCC(=O)O)C(=O)C=Cc1cccs1. The molecule has 1 N–H and O–H groups in total. The second-order valence-corrected chi connectivity index (χ2v) is 4.23. The molecule has 0 aliphatic rings. The van der Waals surface area contributed by atoms with Crippen LogP contribution in [0, 0.1) is 0 Å². The van der Waals surface area contributed by atoms with Crippen LogP contribution < -0.4 is 0 Å². The van der Waals surface area contributed by atoms with Gasteiger partial charge in [-0.3, -0.25) is 9.59 Å². The summed E-state index contributed by atoms with van der Waals surface area (Å²) in [4.78, 5) is 24.2. The van der Waals surface area contributed by atoms with E-state index in [9.17, 15) is 9.59 Å². The zero-order valence-electron chi connectivity index (χ0n) is 8.92. The number of carbonyl (C=O) groups is 2. The van der Waals surface area contributed by atoms with Gasteiger partial charge in [0.05, 0.1) is 6.42 Å². The lowest BCUT2D eigenvalue weighted by molar-refractivity contribution is -0.137. The predicted molar refractivity (Wildman–Crippen MR) is 63.2 cm³/mol. The Morgan fingerprint density at radius 2 is 2.31 bits per heavy atom. The Balaban J connectivity index is 2.42. The minimum atomic E-state index is -0.901. The predicted octanol–water partition coefficient (Wildman–Crippen LogP) is 1.69. The number of hydrogen-bond donors (Lipinski definition) is 1. The zero-order valence-corrected chi connectivity index (χ0v) is 9.74. The van der Waals surface area contributed by atoms with E-state index in [4.69, 9.17) is 5.11 Å². The molecule has 1 heterocycles. The largest absolute Gasteiger partial charge is 0.481 e. The van der Waals surface area contributed by atoms with Gasteiger partial charge in [-0.1, -0.05) is 6.07 Å². The van der Waals surface area contributed by atoms with Gasteiger partial charge < -0.3 is 10.0 Å². The minimum Gasteiger partial charge on any atom is -0.481 e. The molecule has 0 saturated heterocycles. The summed E-state index contributed by atoms with van der Waals surface area (Å²) in [6.45, 7) is 0.225. The second kappa shape index (κ2) is 6.07. The number of nitrogens with zero attached hydrogens (tertiary/aromatic N) is 1. The van der Waals surface area contributed by atoms with Crippen LogP contribution >= 0.6 is 11.3 Å². The van der Waals surface area contributed by atoms with Crippen LogP contribution in [-0.2, 0) is 9.59 Å². The summed E-state index contributed by atoms with van der Waals surface area (Å²) in [5.74, 6) is -1.09. The number of hydrogen-bond acceptors (Lipinski definition) is 3. The molecule has 1 aromatic heterocycles. The molecule has 5 heteroatoms. The molecule has 0 aliphatic heterocycles. The number of carboxylic acids is 1. The highest BCUT2D eigenvalue weighted by Crippen LogP contribution is 2.10. The first kappa shape index (κ1) is 12.4. The number of amides is 1. The Morgan fingerprint density at radius 3 is 2.88 bits per heavy atom. The molecule has 0 saturated carbocycles. The third kappa shape index (κ3) is 4.27. The van der Waals surface area contributed by atoms with Crippen molar-refractivity contribution in [2.24, 2.45) is 0 Å². The van der Waals surface area contributed by atoms with Gasteiger partial charge in [0.15, 0.2) is 0 Å². The van der Waals surface area contributed by atoms with Crippen LogP contribution in [0.1, 0.15) is 11.3 Å². The van der Waals surface area contributed by atoms with E-state index in [0.29, 0.717) is 0 Å². The topological polar surface area (TPSA) is 57.6 Å². The Labute approximate surface area is 97.8 Å².